The zero-order valence-corrected chi connectivity index (χ0v) is 31.0. The maximum absolute atomic E-state index is 15.4. The summed E-state index contributed by atoms with van der Waals surface area (Å²) in [4.78, 5) is 40.0. The van der Waals surface area contributed by atoms with Crippen LogP contribution in [0.1, 0.15) is 53.8 Å². The van der Waals surface area contributed by atoms with E-state index in [1.54, 1.807) is 36.4 Å². The fourth-order valence-electron chi connectivity index (χ4n) is 6.91. The van der Waals surface area contributed by atoms with E-state index < -0.39 is 29.1 Å². The van der Waals surface area contributed by atoms with Crippen LogP contribution in [-0.2, 0) is 17.5 Å². The molecule has 9 nitrogen and oxygen atoms in total. The smallest absolute Gasteiger partial charge is 0.324 e. The second-order valence-corrected chi connectivity index (χ2v) is 14.0. The number of aromatic nitrogens is 3. The molecule has 2 aromatic carbocycles. The number of nitrogens with zero attached hydrogens (tertiary/aromatic N) is 5. The molecule has 0 radical (unpaired) electrons. The number of carbonyl (C=O) groups is 2. The summed E-state index contributed by atoms with van der Waals surface area (Å²) in [7, 11) is 0. The van der Waals surface area contributed by atoms with E-state index >= 15 is 8.78 Å². The molecule has 7 rings (SSSR count). The van der Waals surface area contributed by atoms with Crippen LogP contribution in [0.2, 0.25) is 0 Å². The number of halogens is 5. The summed E-state index contributed by atoms with van der Waals surface area (Å²) in [5, 5.41) is 5.36. The van der Waals surface area contributed by atoms with Crippen LogP contribution in [0.15, 0.2) is 110 Å². The number of benzene rings is 2. The lowest BCUT2D eigenvalue weighted by Crippen LogP contribution is -2.45. The van der Waals surface area contributed by atoms with E-state index in [1.165, 1.54) is 4.90 Å². The molecular formula is C42H42F5N7O2. The van der Waals surface area contributed by atoms with E-state index in [-0.39, 0.29) is 50.6 Å². The molecule has 4 amide bonds. The Morgan fingerprint density at radius 1 is 0.607 bits per heavy atom. The van der Waals surface area contributed by atoms with Gasteiger partial charge in [-0.25, -0.2) is 23.4 Å². The van der Waals surface area contributed by atoms with Gasteiger partial charge >= 0.3 is 18.2 Å². The number of hydrogen-bond acceptors (Lipinski definition) is 5. The molecular weight excluding hydrogens is 729 g/mol. The number of aryl methyl sites for hydroxylation is 2. The highest BCUT2D eigenvalue weighted by molar-refractivity contribution is 5.90. The molecule has 0 aliphatic carbocycles. The lowest BCUT2D eigenvalue weighted by atomic mass is 9.87. The van der Waals surface area contributed by atoms with Crippen molar-refractivity contribution in [3.05, 3.63) is 138 Å². The highest BCUT2D eigenvalue weighted by Gasteiger charge is 2.41. The quantitative estimate of drug-likeness (QED) is 0.173. The Balaban J connectivity index is 0.000000190. The van der Waals surface area contributed by atoms with Crippen molar-refractivity contribution in [2.45, 2.75) is 57.0 Å². The molecule has 14 heteroatoms. The third kappa shape index (κ3) is 9.47. The summed E-state index contributed by atoms with van der Waals surface area (Å²) in [6.07, 6.45) is 0.0352. The van der Waals surface area contributed by atoms with E-state index in [4.69, 9.17) is 0 Å². The Morgan fingerprint density at radius 2 is 1.09 bits per heavy atom. The average molecular weight is 772 g/mol. The van der Waals surface area contributed by atoms with E-state index in [9.17, 15) is 22.8 Å². The summed E-state index contributed by atoms with van der Waals surface area (Å²) in [6, 6.07) is 26.3. The first-order valence-corrected chi connectivity index (χ1v) is 18.3. The first-order valence-electron chi connectivity index (χ1n) is 18.3. The van der Waals surface area contributed by atoms with Crippen molar-refractivity contribution >= 4 is 23.6 Å². The summed E-state index contributed by atoms with van der Waals surface area (Å²) >= 11 is 0. The predicted octanol–water partition coefficient (Wildman–Crippen LogP) is 9.85. The average Bonchev–Trinajstić information content (AvgIpc) is 3.19. The standard InChI is InChI=1S/C24H24FN3O.C18H18F4N4O/c1-18-6-5-15-26-22(18)24(25)13-16-28(17-14-24)23(29)27-21-11-9-20(10-12-21)19-7-3-2-4-8-19;1-12-3-2-8-23-15(12)17(19)6-9-26(10-7-17)16(27)25-14-5-4-13(11-24-14)18(20,21)22/h2-12,15H,13-14,16-17H2,1H3,(H,27,29);2-5,8,11H,6-7,9-10H2,1H3,(H,24,25,27). The minimum Gasteiger partial charge on any atom is -0.324 e. The molecule has 0 saturated carbocycles. The second kappa shape index (κ2) is 16.8. The number of likely N-dealkylation sites (tertiary alicyclic amines) is 2. The van der Waals surface area contributed by atoms with Crippen LogP contribution in [0.5, 0.6) is 0 Å². The predicted molar refractivity (Wildman–Crippen MR) is 204 cm³/mol. The molecule has 0 spiro atoms. The number of nitrogens with one attached hydrogen (secondary N) is 2. The number of urea groups is 2. The van der Waals surface area contributed by atoms with E-state index in [2.05, 4.69) is 25.6 Å². The third-order valence-electron chi connectivity index (χ3n) is 10.1. The van der Waals surface area contributed by atoms with Crippen LogP contribution in [0.25, 0.3) is 11.1 Å². The SMILES string of the molecule is Cc1cccnc1C1(F)CCN(C(=O)Nc2ccc(-c3ccccc3)cc2)CC1.Cc1cccnc1C1(F)CCN(C(=O)Nc2ccc(C(F)(F)F)cn2)CC1. The molecule has 3 aromatic heterocycles. The number of pyridine rings is 3. The normalized spacial score (nSPS) is 16.3. The number of alkyl halides is 5. The van der Waals surface area contributed by atoms with Crippen molar-refractivity contribution in [3.63, 3.8) is 0 Å². The Kier molecular flexibility index (Phi) is 12.0. The third-order valence-corrected chi connectivity index (χ3v) is 10.1. The van der Waals surface area contributed by atoms with Crippen LogP contribution in [0.4, 0.5) is 43.0 Å². The van der Waals surface area contributed by atoms with Gasteiger partial charge in [0, 0.05) is 76.1 Å². The van der Waals surface area contributed by atoms with Crippen molar-refractivity contribution in [2.24, 2.45) is 0 Å². The van der Waals surface area contributed by atoms with Crippen LogP contribution in [0, 0.1) is 13.8 Å². The molecule has 2 saturated heterocycles. The first-order chi connectivity index (χ1) is 26.7. The van der Waals surface area contributed by atoms with Gasteiger partial charge in [-0.05, 0) is 72.5 Å². The Labute approximate surface area is 322 Å². The van der Waals surface area contributed by atoms with Gasteiger partial charge in [0.25, 0.3) is 0 Å². The monoisotopic (exact) mass is 771 g/mol. The lowest BCUT2D eigenvalue weighted by molar-refractivity contribution is -0.137. The molecule has 2 fully saturated rings. The highest BCUT2D eigenvalue weighted by Crippen LogP contribution is 2.39. The molecule has 5 aromatic rings. The largest absolute Gasteiger partial charge is 0.417 e. The van der Waals surface area contributed by atoms with Crippen molar-refractivity contribution in [2.75, 3.05) is 36.8 Å². The fraction of sp³-hybridized carbons (Fsp3) is 0.310. The van der Waals surface area contributed by atoms with Crippen LogP contribution in [0.3, 0.4) is 0 Å². The van der Waals surface area contributed by atoms with Crippen molar-refractivity contribution < 1.29 is 31.5 Å². The molecule has 2 aliphatic heterocycles. The lowest BCUT2D eigenvalue weighted by Gasteiger charge is -2.36. The minimum atomic E-state index is -4.49. The van der Waals surface area contributed by atoms with Crippen LogP contribution in [-0.4, -0.2) is 63.0 Å². The van der Waals surface area contributed by atoms with Crippen LogP contribution < -0.4 is 10.6 Å². The Hall–Kier alpha value is -5.92. The van der Waals surface area contributed by atoms with E-state index in [0.29, 0.717) is 30.7 Å². The van der Waals surface area contributed by atoms with Crippen molar-refractivity contribution in [1.29, 1.82) is 0 Å². The zero-order chi connectivity index (χ0) is 39.9. The summed E-state index contributed by atoms with van der Waals surface area (Å²) < 4.78 is 68.3. The molecule has 0 bridgehead atoms. The van der Waals surface area contributed by atoms with Gasteiger partial charge < -0.3 is 15.1 Å². The number of amides is 4. The van der Waals surface area contributed by atoms with Crippen molar-refractivity contribution in [1.82, 2.24) is 24.8 Å². The molecule has 56 heavy (non-hydrogen) atoms. The second-order valence-electron chi connectivity index (χ2n) is 14.0. The number of anilines is 2. The molecule has 292 valence electrons. The van der Waals surface area contributed by atoms with Gasteiger partial charge in [0.1, 0.15) is 5.82 Å². The number of carbonyl (C=O) groups excluding carboxylic acids is 2. The Bertz CT molecular complexity index is 2100. The summed E-state index contributed by atoms with van der Waals surface area (Å²) in [6.45, 7) is 4.72. The zero-order valence-electron chi connectivity index (χ0n) is 31.0. The van der Waals surface area contributed by atoms with Gasteiger partial charge in [-0.2, -0.15) is 13.2 Å². The summed E-state index contributed by atoms with van der Waals surface area (Å²) in [5.41, 5.74) is 1.47. The van der Waals surface area contributed by atoms with Gasteiger partial charge in [-0.1, -0.05) is 54.6 Å². The van der Waals surface area contributed by atoms with Gasteiger partial charge in [0.15, 0.2) is 11.3 Å². The first kappa shape index (κ1) is 39.8. The van der Waals surface area contributed by atoms with Gasteiger partial charge in [-0.3, -0.25) is 15.3 Å². The molecule has 2 aliphatic rings. The highest BCUT2D eigenvalue weighted by atomic mass is 19.4. The van der Waals surface area contributed by atoms with Crippen molar-refractivity contribution in [3.8, 4) is 11.1 Å². The maximum atomic E-state index is 15.4. The summed E-state index contributed by atoms with van der Waals surface area (Å²) in [5.74, 6) is 0.00524. The topological polar surface area (TPSA) is 103 Å². The molecule has 5 heterocycles. The fourth-order valence-corrected chi connectivity index (χ4v) is 6.91. The molecule has 2 N–H and O–H groups in total. The molecule has 0 unspecified atom stereocenters. The number of rotatable bonds is 5. The maximum Gasteiger partial charge on any atom is 0.417 e. The van der Waals surface area contributed by atoms with E-state index in [0.717, 1.165) is 40.1 Å². The van der Waals surface area contributed by atoms with Gasteiger partial charge in [-0.15, -0.1) is 0 Å². The Morgan fingerprint density at radius 3 is 1.54 bits per heavy atom. The minimum absolute atomic E-state index is 0.00524. The number of hydrogen-bond donors (Lipinski definition) is 2. The van der Waals surface area contributed by atoms with Gasteiger partial charge in [0.2, 0.25) is 0 Å². The van der Waals surface area contributed by atoms with E-state index in [1.807, 2.05) is 73.7 Å². The number of piperidine rings is 2. The van der Waals surface area contributed by atoms with Crippen LogP contribution >= 0.6 is 0 Å². The molecule has 0 atom stereocenters. The van der Waals surface area contributed by atoms with Gasteiger partial charge in [0.05, 0.1) is 17.0 Å².